The highest BCUT2D eigenvalue weighted by molar-refractivity contribution is 7.13. The van der Waals surface area contributed by atoms with E-state index in [2.05, 4.69) is 10.3 Å². The summed E-state index contributed by atoms with van der Waals surface area (Å²) in [6, 6.07) is 4.61. The fraction of sp³-hybridized carbons (Fsp3) is 0.353. The molecule has 1 atom stereocenters. The number of halogens is 1. The van der Waals surface area contributed by atoms with Gasteiger partial charge >= 0.3 is 6.09 Å². The fourth-order valence-electron chi connectivity index (χ4n) is 2.53. The van der Waals surface area contributed by atoms with Crippen molar-refractivity contribution < 1.29 is 18.7 Å². The van der Waals surface area contributed by atoms with Crippen LogP contribution in [0.3, 0.4) is 0 Å². The molecule has 8 heteroatoms. The standard InChI is InChI=1S/C17H18FN3O3S/c1-3-11-9-25-16(20-11)14-5-4-12(6-15(14)18)21-8-13(24-17(21)23)7-19-10(2)22/h4-6,9,13H,3,7-8H2,1-2H3,(H,19,22)/t13-/m0/s1. The largest absolute Gasteiger partial charge is 0.442 e. The van der Waals surface area contributed by atoms with Crippen LogP contribution in [0.4, 0.5) is 14.9 Å². The van der Waals surface area contributed by atoms with Gasteiger partial charge in [-0.15, -0.1) is 11.3 Å². The molecule has 0 spiro atoms. The molecule has 25 heavy (non-hydrogen) atoms. The van der Waals surface area contributed by atoms with Crippen LogP contribution in [0.15, 0.2) is 23.6 Å². The number of carbonyl (C=O) groups excluding carboxylic acids is 2. The van der Waals surface area contributed by atoms with Crippen LogP contribution in [0.2, 0.25) is 0 Å². The Kier molecular flexibility index (Phi) is 4.98. The highest BCUT2D eigenvalue weighted by atomic mass is 32.1. The Bertz CT molecular complexity index is 808. The molecule has 1 N–H and O–H groups in total. The summed E-state index contributed by atoms with van der Waals surface area (Å²) in [5, 5.41) is 5.13. The summed E-state index contributed by atoms with van der Waals surface area (Å²) in [5.74, 6) is -0.632. The maximum atomic E-state index is 14.5. The molecule has 0 radical (unpaired) electrons. The zero-order valence-corrected chi connectivity index (χ0v) is 14.7. The van der Waals surface area contributed by atoms with Crippen LogP contribution in [0, 0.1) is 5.82 Å². The van der Waals surface area contributed by atoms with Gasteiger partial charge in [0, 0.05) is 17.9 Å². The van der Waals surface area contributed by atoms with E-state index in [0.29, 0.717) is 16.3 Å². The molecule has 2 aromatic rings. The normalized spacial score (nSPS) is 16.8. The SMILES string of the molecule is CCc1csc(-c2ccc(N3C[C@H](CNC(C)=O)OC3=O)cc2F)n1. The first kappa shape index (κ1) is 17.3. The van der Waals surface area contributed by atoms with Crippen molar-refractivity contribution in [3.05, 3.63) is 35.1 Å². The van der Waals surface area contributed by atoms with Gasteiger partial charge in [0.15, 0.2) is 0 Å². The summed E-state index contributed by atoms with van der Waals surface area (Å²) in [5.41, 5.74) is 1.76. The maximum Gasteiger partial charge on any atom is 0.414 e. The lowest BCUT2D eigenvalue weighted by Crippen LogP contribution is -2.33. The van der Waals surface area contributed by atoms with Crippen molar-refractivity contribution in [3.8, 4) is 10.6 Å². The Balaban J connectivity index is 1.76. The van der Waals surface area contributed by atoms with E-state index in [0.717, 1.165) is 12.1 Å². The topological polar surface area (TPSA) is 71.5 Å². The smallest absolute Gasteiger partial charge is 0.414 e. The molecule has 2 amide bonds. The molecule has 0 unspecified atom stereocenters. The van der Waals surface area contributed by atoms with Crippen molar-refractivity contribution in [1.82, 2.24) is 10.3 Å². The van der Waals surface area contributed by atoms with Gasteiger partial charge in [-0.05, 0) is 24.6 Å². The predicted molar refractivity (Wildman–Crippen MR) is 93.2 cm³/mol. The summed E-state index contributed by atoms with van der Waals surface area (Å²) < 4.78 is 19.7. The average molecular weight is 363 g/mol. The summed E-state index contributed by atoms with van der Waals surface area (Å²) in [6.07, 6.45) is -0.207. The number of nitrogens with one attached hydrogen (secondary N) is 1. The lowest BCUT2D eigenvalue weighted by molar-refractivity contribution is -0.119. The van der Waals surface area contributed by atoms with Crippen LogP contribution < -0.4 is 10.2 Å². The maximum absolute atomic E-state index is 14.5. The van der Waals surface area contributed by atoms with E-state index >= 15 is 0 Å². The second-order valence-corrected chi connectivity index (χ2v) is 6.57. The van der Waals surface area contributed by atoms with Crippen LogP contribution >= 0.6 is 11.3 Å². The minimum atomic E-state index is -0.551. The fourth-order valence-corrected chi connectivity index (χ4v) is 3.46. The van der Waals surface area contributed by atoms with Crippen LogP contribution in [-0.4, -0.2) is 36.2 Å². The number of aromatic nitrogens is 1. The number of rotatable bonds is 5. The molecule has 0 bridgehead atoms. The van der Waals surface area contributed by atoms with E-state index in [9.17, 15) is 14.0 Å². The zero-order valence-electron chi connectivity index (χ0n) is 13.9. The first-order valence-electron chi connectivity index (χ1n) is 7.94. The van der Waals surface area contributed by atoms with E-state index in [1.165, 1.54) is 29.2 Å². The minimum Gasteiger partial charge on any atom is -0.442 e. The molecule has 1 saturated heterocycles. The van der Waals surface area contributed by atoms with Crippen molar-refractivity contribution in [3.63, 3.8) is 0 Å². The molecule has 1 aromatic carbocycles. The van der Waals surface area contributed by atoms with Gasteiger partial charge in [-0.25, -0.2) is 14.2 Å². The Morgan fingerprint density at radius 3 is 2.96 bits per heavy atom. The van der Waals surface area contributed by atoms with Crippen molar-refractivity contribution in [2.24, 2.45) is 0 Å². The Morgan fingerprint density at radius 1 is 1.52 bits per heavy atom. The van der Waals surface area contributed by atoms with Crippen LogP contribution in [0.25, 0.3) is 10.6 Å². The number of benzene rings is 1. The molecule has 6 nitrogen and oxygen atoms in total. The predicted octanol–water partition coefficient (Wildman–Crippen LogP) is 2.97. The van der Waals surface area contributed by atoms with Gasteiger partial charge in [-0.3, -0.25) is 9.69 Å². The van der Waals surface area contributed by atoms with Crippen LogP contribution in [-0.2, 0) is 16.0 Å². The lowest BCUT2D eigenvalue weighted by atomic mass is 10.2. The molecule has 2 heterocycles. The zero-order chi connectivity index (χ0) is 18.0. The minimum absolute atomic E-state index is 0.195. The number of carbonyl (C=O) groups is 2. The van der Waals surface area contributed by atoms with Crippen molar-refractivity contribution >= 4 is 29.0 Å². The van der Waals surface area contributed by atoms with Crippen molar-refractivity contribution in [2.45, 2.75) is 26.4 Å². The van der Waals surface area contributed by atoms with Crippen molar-refractivity contribution in [1.29, 1.82) is 0 Å². The molecule has 132 valence electrons. The second kappa shape index (κ2) is 7.18. The number of amides is 2. The summed E-state index contributed by atoms with van der Waals surface area (Å²) in [4.78, 5) is 28.7. The molecule has 1 aromatic heterocycles. The highest BCUT2D eigenvalue weighted by Crippen LogP contribution is 2.30. The molecule has 0 saturated carbocycles. The van der Waals surface area contributed by atoms with Gasteiger partial charge in [0.05, 0.1) is 24.5 Å². The molecule has 1 aliphatic rings. The summed E-state index contributed by atoms with van der Waals surface area (Å²) in [7, 11) is 0. The molecular weight excluding hydrogens is 345 g/mol. The van der Waals surface area contributed by atoms with Gasteiger partial charge in [0.25, 0.3) is 0 Å². The highest BCUT2D eigenvalue weighted by Gasteiger charge is 2.32. The number of cyclic esters (lactones) is 1. The number of hydrogen-bond acceptors (Lipinski definition) is 5. The first-order chi connectivity index (χ1) is 12.0. The van der Waals surface area contributed by atoms with Crippen molar-refractivity contribution in [2.75, 3.05) is 18.0 Å². The number of anilines is 1. The third-order valence-electron chi connectivity index (χ3n) is 3.86. The number of thiazole rings is 1. The number of aryl methyl sites for hydroxylation is 1. The van der Waals surface area contributed by atoms with E-state index < -0.39 is 18.0 Å². The Labute approximate surface area is 148 Å². The monoisotopic (exact) mass is 363 g/mol. The Hall–Kier alpha value is -2.48. The Morgan fingerprint density at radius 2 is 2.32 bits per heavy atom. The average Bonchev–Trinajstić information content (AvgIpc) is 3.19. The quantitative estimate of drug-likeness (QED) is 0.887. The molecule has 3 rings (SSSR count). The molecule has 1 aliphatic heterocycles. The van der Waals surface area contributed by atoms with Gasteiger partial charge in [0.1, 0.15) is 16.9 Å². The third kappa shape index (κ3) is 3.79. The van der Waals surface area contributed by atoms with E-state index in [4.69, 9.17) is 4.74 Å². The van der Waals surface area contributed by atoms with Crippen LogP contribution in [0.5, 0.6) is 0 Å². The van der Waals surface area contributed by atoms with Gasteiger partial charge in [0.2, 0.25) is 5.91 Å². The van der Waals surface area contributed by atoms with Gasteiger partial charge in [-0.1, -0.05) is 6.92 Å². The summed E-state index contributed by atoms with van der Waals surface area (Å²) in [6.45, 7) is 3.88. The molecule has 1 fully saturated rings. The van der Waals surface area contributed by atoms with Gasteiger partial charge < -0.3 is 10.1 Å². The van der Waals surface area contributed by atoms with Gasteiger partial charge in [-0.2, -0.15) is 0 Å². The number of ether oxygens (including phenoxy) is 1. The second-order valence-electron chi connectivity index (χ2n) is 5.72. The van der Waals surface area contributed by atoms with E-state index in [1.807, 2.05) is 12.3 Å². The first-order valence-corrected chi connectivity index (χ1v) is 8.82. The van der Waals surface area contributed by atoms with E-state index in [-0.39, 0.29) is 19.0 Å². The third-order valence-corrected chi connectivity index (χ3v) is 4.79. The lowest BCUT2D eigenvalue weighted by Gasteiger charge is -2.14. The van der Waals surface area contributed by atoms with Crippen LogP contribution in [0.1, 0.15) is 19.5 Å². The summed E-state index contributed by atoms with van der Waals surface area (Å²) >= 11 is 1.39. The number of hydrogen-bond donors (Lipinski definition) is 1. The molecular formula is C17H18FN3O3S. The number of nitrogens with zero attached hydrogens (tertiary/aromatic N) is 2. The van der Waals surface area contributed by atoms with E-state index in [1.54, 1.807) is 12.1 Å². The molecule has 0 aliphatic carbocycles.